The second-order valence-corrected chi connectivity index (χ2v) is 5.23. The molecule has 2 rings (SSSR count). The minimum absolute atomic E-state index is 0.0298. The zero-order chi connectivity index (χ0) is 15.4. The highest BCUT2D eigenvalue weighted by molar-refractivity contribution is 5.94. The summed E-state index contributed by atoms with van der Waals surface area (Å²) in [5.74, 6) is -1.34. The number of carboxylic acid groups (broad SMARTS) is 1. The summed E-state index contributed by atoms with van der Waals surface area (Å²) in [4.78, 5) is 24.4. The van der Waals surface area contributed by atoms with E-state index in [1.54, 1.807) is 6.07 Å². The minimum Gasteiger partial charge on any atom is -0.481 e. The maximum atomic E-state index is 13.3. The lowest BCUT2D eigenvalue weighted by Gasteiger charge is -2.20. The molecule has 1 aromatic carbocycles. The van der Waals surface area contributed by atoms with E-state index in [1.165, 1.54) is 17.0 Å². The van der Waals surface area contributed by atoms with Gasteiger partial charge in [0, 0.05) is 19.5 Å². The van der Waals surface area contributed by atoms with Gasteiger partial charge in [-0.15, -0.1) is 0 Å². The van der Waals surface area contributed by atoms with Gasteiger partial charge in [0.25, 0.3) is 0 Å². The number of fused-ring (bicyclic) bond motifs is 1. The molecule has 1 heterocycles. The van der Waals surface area contributed by atoms with E-state index in [1.807, 2.05) is 6.92 Å². The normalized spacial score (nSPS) is 14.7. The third kappa shape index (κ3) is 3.71. The largest absolute Gasteiger partial charge is 0.481 e. The summed E-state index contributed by atoms with van der Waals surface area (Å²) in [5.41, 5.74) is 1.54. The summed E-state index contributed by atoms with van der Waals surface area (Å²) in [5, 5.41) is 11.5. The van der Waals surface area contributed by atoms with Gasteiger partial charge in [-0.3, -0.25) is 9.69 Å². The van der Waals surface area contributed by atoms with Gasteiger partial charge in [0.05, 0.1) is 5.69 Å². The minimum atomic E-state index is -0.871. The number of nitrogens with zero attached hydrogens (tertiary/aromatic N) is 1. The monoisotopic (exact) mass is 294 g/mol. The Hall–Kier alpha value is -2.11. The smallest absolute Gasteiger partial charge is 0.321 e. The first-order chi connectivity index (χ1) is 10.0. The highest BCUT2D eigenvalue weighted by atomic mass is 19.1. The molecular formula is C15H19FN2O3. The van der Waals surface area contributed by atoms with E-state index in [4.69, 9.17) is 5.11 Å². The van der Waals surface area contributed by atoms with Crippen molar-refractivity contribution in [2.45, 2.75) is 26.2 Å². The van der Waals surface area contributed by atoms with Crippen LogP contribution < -0.4 is 10.2 Å². The van der Waals surface area contributed by atoms with Crippen molar-refractivity contribution in [1.82, 2.24) is 5.32 Å². The molecule has 114 valence electrons. The van der Waals surface area contributed by atoms with Crippen molar-refractivity contribution in [2.75, 3.05) is 18.0 Å². The lowest BCUT2D eigenvalue weighted by atomic mass is 10.0. The Morgan fingerprint density at radius 2 is 2.24 bits per heavy atom. The van der Waals surface area contributed by atoms with Crippen LogP contribution in [0.15, 0.2) is 18.2 Å². The number of aliphatic carboxylic acids is 1. The van der Waals surface area contributed by atoms with E-state index < -0.39 is 5.97 Å². The van der Waals surface area contributed by atoms with Gasteiger partial charge in [-0.25, -0.2) is 9.18 Å². The molecule has 5 nitrogen and oxygen atoms in total. The summed E-state index contributed by atoms with van der Waals surface area (Å²) < 4.78 is 13.3. The van der Waals surface area contributed by atoms with Crippen molar-refractivity contribution < 1.29 is 19.1 Å². The molecule has 0 saturated carbocycles. The Kier molecular flexibility index (Phi) is 4.77. The van der Waals surface area contributed by atoms with Gasteiger partial charge in [0.2, 0.25) is 0 Å². The fourth-order valence-electron chi connectivity index (χ4n) is 2.50. The number of halogens is 1. The highest BCUT2D eigenvalue weighted by Crippen LogP contribution is 2.28. The number of anilines is 1. The number of hydrogen-bond donors (Lipinski definition) is 2. The number of amides is 2. The van der Waals surface area contributed by atoms with Crippen molar-refractivity contribution in [3.05, 3.63) is 29.6 Å². The molecule has 0 aromatic heterocycles. The van der Waals surface area contributed by atoms with E-state index in [2.05, 4.69) is 5.32 Å². The Balaban J connectivity index is 1.96. The summed E-state index contributed by atoms with van der Waals surface area (Å²) in [6.45, 7) is 2.71. The van der Waals surface area contributed by atoms with E-state index >= 15 is 0 Å². The number of nitrogens with one attached hydrogen (secondary N) is 1. The number of carbonyl (C=O) groups excluding carboxylic acids is 1. The summed E-state index contributed by atoms with van der Waals surface area (Å²) in [7, 11) is 0. The molecule has 1 unspecified atom stereocenters. The van der Waals surface area contributed by atoms with Crippen LogP contribution in [0.25, 0.3) is 0 Å². The van der Waals surface area contributed by atoms with Crippen LogP contribution in [0.4, 0.5) is 14.9 Å². The first-order valence-electron chi connectivity index (χ1n) is 7.06. The molecule has 1 aliphatic heterocycles. The van der Waals surface area contributed by atoms with Crippen molar-refractivity contribution in [2.24, 2.45) is 5.92 Å². The third-order valence-electron chi connectivity index (χ3n) is 3.77. The molecule has 2 amide bonds. The van der Waals surface area contributed by atoms with Crippen molar-refractivity contribution in [3.63, 3.8) is 0 Å². The summed E-state index contributed by atoms with van der Waals surface area (Å²) in [6.07, 6.45) is 1.41. The van der Waals surface area contributed by atoms with E-state index in [9.17, 15) is 14.0 Å². The lowest BCUT2D eigenvalue weighted by molar-refractivity contribution is -0.138. The fraction of sp³-hybridized carbons (Fsp3) is 0.467. The predicted octanol–water partition coefficient (Wildman–Crippen LogP) is 2.40. The number of benzene rings is 1. The summed E-state index contributed by atoms with van der Waals surface area (Å²) >= 11 is 0. The molecule has 1 aromatic rings. The van der Waals surface area contributed by atoms with Gasteiger partial charge in [0.15, 0.2) is 0 Å². The zero-order valence-corrected chi connectivity index (χ0v) is 11.9. The maximum Gasteiger partial charge on any atom is 0.321 e. The van der Waals surface area contributed by atoms with Gasteiger partial charge in [-0.05, 0) is 30.0 Å². The number of rotatable bonds is 5. The maximum absolute atomic E-state index is 13.3. The average Bonchev–Trinajstić information content (AvgIpc) is 2.85. The van der Waals surface area contributed by atoms with E-state index in [-0.39, 0.29) is 24.2 Å². The Labute approximate surface area is 122 Å². The first kappa shape index (κ1) is 15.3. The fourth-order valence-corrected chi connectivity index (χ4v) is 2.50. The van der Waals surface area contributed by atoms with Gasteiger partial charge in [-0.1, -0.05) is 19.4 Å². The number of carboxylic acids is 1. The van der Waals surface area contributed by atoms with Crippen LogP contribution in [-0.4, -0.2) is 30.2 Å². The first-order valence-corrected chi connectivity index (χ1v) is 7.06. The van der Waals surface area contributed by atoms with Crippen molar-refractivity contribution >= 4 is 17.7 Å². The molecular weight excluding hydrogens is 275 g/mol. The third-order valence-corrected chi connectivity index (χ3v) is 3.77. The van der Waals surface area contributed by atoms with Crippen LogP contribution >= 0.6 is 0 Å². The van der Waals surface area contributed by atoms with Crippen LogP contribution in [0.2, 0.25) is 0 Å². The van der Waals surface area contributed by atoms with Crippen LogP contribution in [0.3, 0.4) is 0 Å². The van der Waals surface area contributed by atoms with Crippen LogP contribution in [0, 0.1) is 11.7 Å². The highest BCUT2D eigenvalue weighted by Gasteiger charge is 2.25. The van der Waals surface area contributed by atoms with Crippen LogP contribution in [0.5, 0.6) is 0 Å². The Bertz CT molecular complexity index is 548. The molecule has 0 saturated heterocycles. The molecule has 0 fully saturated rings. The quantitative estimate of drug-likeness (QED) is 0.876. The van der Waals surface area contributed by atoms with Crippen LogP contribution in [-0.2, 0) is 11.2 Å². The Morgan fingerprint density at radius 3 is 2.90 bits per heavy atom. The molecule has 1 atom stereocenters. The topological polar surface area (TPSA) is 69.6 Å². The van der Waals surface area contributed by atoms with E-state index in [0.717, 1.165) is 5.56 Å². The van der Waals surface area contributed by atoms with Gasteiger partial charge >= 0.3 is 12.0 Å². The number of hydrogen-bond acceptors (Lipinski definition) is 2. The molecule has 0 bridgehead atoms. The zero-order valence-electron chi connectivity index (χ0n) is 11.9. The molecule has 21 heavy (non-hydrogen) atoms. The number of carbonyl (C=O) groups is 2. The molecule has 2 N–H and O–H groups in total. The number of urea groups is 1. The lowest BCUT2D eigenvalue weighted by Crippen LogP contribution is -2.41. The van der Waals surface area contributed by atoms with Crippen molar-refractivity contribution in [1.29, 1.82) is 0 Å². The second-order valence-electron chi connectivity index (χ2n) is 5.23. The molecule has 1 aliphatic rings. The van der Waals surface area contributed by atoms with Crippen molar-refractivity contribution in [3.8, 4) is 0 Å². The van der Waals surface area contributed by atoms with Gasteiger partial charge < -0.3 is 10.4 Å². The second kappa shape index (κ2) is 6.56. The Morgan fingerprint density at radius 1 is 1.48 bits per heavy atom. The van der Waals surface area contributed by atoms with E-state index in [0.29, 0.717) is 31.6 Å². The van der Waals surface area contributed by atoms with Gasteiger partial charge in [0.1, 0.15) is 5.82 Å². The van der Waals surface area contributed by atoms with Crippen LogP contribution in [0.1, 0.15) is 25.3 Å². The SMILES string of the molecule is CCC(CNC(=O)N1CCc2ccc(F)cc21)CC(=O)O. The molecule has 6 heteroatoms. The summed E-state index contributed by atoms with van der Waals surface area (Å²) in [6, 6.07) is 4.14. The molecule has 0 radical (unpaired) electrons. The molecule has 0 aliphatic carbocycles. The predicted molar refractivity (Wildman–Crippen MR) is 76.9 cm³/mol. The molecule has 0 spiro atoms. The van der Waals surface area contributed by atoms with Gasteiger partial charge in [-0.2, -0.15) is 0 Å². The standard InChI is InChI=1S/C15H19FN2O3/c1-2-10(7-14(19)20)9-17-15(21)18-6-5-11-3-4-12(16)8-13(11)18/h3-4,8,10H,2,5-7,9H2,1H3,(H,17,21)(H,19,20). The average molecular weight is 294 g/mol.